The van der Waals surface area contributed by atoms with Crippen molar-refractivity contribution in [3.8, 4) is 0 Å². The molecule has 0 aromatic carbocycles. The summed E-state index contributed by atoms with van der Waals surface area (Å²) in [5.41, 5.74) is 8.76. The highest BCUT2D eigenvalue weighted by atomic mass is 16.7. The van der Waals surface area contributed by atoms with Crippen molar-refractivity contribution in [1.29, 1.82) is 0 Å². The molecule has 0 radical (unpaired) electrons. The zero-order chi connectivity index (χ0) is 40.5. The van der Waals surface area contributed by atoms with Gasteiger partial charge in [0.05, 0.1) is 5.70 Å². The lowest BCUT2D eigenvalue weighted by Crippen LogP contribution is -2.60. The zero-order valence-corrected chi connectivity index (χ0v) is 30.7. The van der Waals surface area contributed by atoms with Gasteiger partial charge in [0.1, 0.15) is 18.3 Å². The third-order valence-corrected chi connectivity index (χ3v) is 10.2. The minimum absolute atomic E-state index is 0.0645. The van der Waals surface area contributed by atoms with Gasteiger partial charge in [-0.05, 0) is 80.5 Å². The number of aromatic nitrogens is 2. The summed E-state index contributed by atoms with van der Waals surface area (Å²) < 4.78 is 10.3. The molecule has 3 aliphatic rings. The summed E-state index contributed by atoms with van der Waals surface area (Å²) in [6.07, 6.45) is -3.07. The van der Waals surface area contributed by atoms with E-state index >= 15 is 0 Å². The van der Waals surface area contributed by atoms with Crippen LogP contribution in [0.2, 0.25) is 0 Å². The number of amides is 2. The molecule has 2 aromatic rings. The van der Waals surface area contributed by atoms with Crippen LogP contribution in [0.5, 0.6) is 0 Å². The molecular weight excluding hydrogens is 716 g/mol. The van der Waals surface area contributed by atoms with Crippen LogP contribution in [0.25, 0.3) is 12.2 Å². The zero-order valence-electron chi connectivity index (χ0n) is 30.7. The van der Waals surface area contributed by atoms with E-state index in [1.54, 1.807) is 32.1 Å². The van der Waals surface area contributed by atoms with E-state index in [9.17, 15) is 49.5 Å². The van der Waals surface area contributed by atoms with Crippen LogP contribution in [-0.4, -0.2) is 95.9 Å². The monoisotopic (exact) mass is 760 g/mol. The van der Waals surface area contributed by atoms with E-state index in [2.05, 4.69) is 33.8 Å². The Labute approximate surface area is 315 Å². The fourth-order valence-electron chi connectivity index (χ4n) is 6.94. The van der Waals surface area contributed by atoms with Crippen molar-refractivity contribution >= 4 is 41.9 Å². The maximum Gasteiger partial charge on any atom is 0.335 e. The van der Waals surface area contributed by atoms with Crippen LogP contribution in [-0.2, 0) is 52.7 Å². The number of carbonyl (C=O) groups excluding carboxylic acids is 3. The van der Waals surface area contributed by atoms with Crippen LogP contribution in [0.15, 0.2) is 59.0 Å². The van der Waals surface area contributed by atoms with Gasteiger partial charge in [-0.1, -0.05) is 25.3 Å². The third kappa shape index (κ3) is 8.17. The van der Waals surface area contributed by atoms with Crippen LogP contribution in [0.1, 0.15) is 71.7 Å². The lowest BCUT2D eigenvalue weighted by atomic mass is 9.98. The number of rotatable bonds is 14. The predicted octanol–water partition coefficient (Wildman–Crippen LogP) is 1.88. The Hall–Kier alpha value is -5.81. The summed E-state index contributed by atoms with van der Waals surface area (Å²) in [5.74, 6) is -4.08. The summed E-state index contributed by atoms with van der Waals surface area (Å²) in [7, 11) is 0. The molecule has 5 atom stereocenters. The largest absolute Gasteiger partial charge is 0.481 e. The number of aliphatic hydroxyl groups is 3. The van der Waals surface area contributed by atoms with E-state index in [-0.39, 0.29) is 43.9 Å². The molecule has 3 aliphatic heterocycles. The first kappa shape index (κ1) is 40.4. The Balaban J connectivity index is 1.51. The molecule has 0 saturated carbocycles. The van der Waals surface area contributed by atoms with Crippen molar-refractivity contribution in [2.45, 2.75) is 90.5 Å². The Morgan fingerprint density at radius 1 is 0.745 bits per heavy atom. The molecular formula is C39H44N4O12. The minimum Gasteiger partial charge on any atom is -0.481 e. The average Bonchev–Trinajstić information content (AvgIpc) is 3.78. The van der Waals surface area contributed by atoms with Gasteiger partial charge in [-0.25, -0.2) is 4.79 Å². The molecule has 2 amide bonds. The number of carboxylic acids is 2. The Bertz CT molecular complexity index is 2110. The Morgan fingerprint density at radius 3 is 1.82 bits per heavy atom. The van der Waals surface area contributed by atoms with Crippen molar-refractivity contribution in [2.24, 2.45) is 0 Å². The summed E-state index contributed by atoms with van der Waals surface area (Å²) in [6, 6.07) is 0. The second-order valence-corrected chi connectivity index (χ2v) is 13.5. The van der Waals surface area contributed by atoms with Gasteiger partial charge in [0.25, 0.3) is 11.8 Å². The van der Waals surface area contributed by atoms with Crippen molar-refractivity contribution in [1.82, 2.24) is 20.6 Å². The summed E-state index contributed by atoms with van der Waals surface area (Å²) in [4.78, 5) is 68.1. The highest BCUT2D eigenvalue weighted by molar-refractivity contribution is 6.03. The molecule has 16 heteroatoms. The van der Waals surface area contributed by atoms with Gasteiger partial charge in [-0.15, -0.1) is 0 Å². The molecule has 55 heavy (non-hydrogen) atoms. The molecule has 0 aliphatic carbocycles. The number of H-pyrrole nitrogens is 2. The number of ether oxygens (including phenoxy) is 2. The van der Waals surface area contributed by atoms with Gasteiger partial charge in [-0.3, -0.25) is 19.2 Å². The summed E-state index contributed by atoms with van der Waals surface area (Å²) in [6.45, 7) is 14.7. The maximum atomic E-state index is 13.1. The van der Waals surface area contributed by atoms with Gasteiger partial charge in [0.2, 0.25) is 6.29 Å². The maximum absolute atomic E-state index is 13.1. The fourth-order valence-corrected chi connectivity index (χ4v) is 6.94. The first-order chi connectivity index (χ1) is 26.0. The topological polar surface area (TPSA) is 261 Å². The number of hydrogen-bond acceptors (Lipinski definition) is 10. The van der Waals surface area contributed by atoms with E-state index in [0.717, 1.165) is 11.1 Å². The molecule has 0 bridgehead atoms. The first-order valence-electron chi connectivity index (χ1n) is 17.4. The average molecular weight is 761 g/mol. The van der Waals surface area contributed by atoms with Gasteiger partial charge >= 0.3 is 17.9 Å². The second kappa shape index (κ2) is 16.3. The molecule has 5 rings (SSSR count). The number of aliphatic carboxylic acids is 2. The van der Waals surface area contributed by atoms with Crippen LogP contribution in [0.4, 0.5) is 0 Å². The van der Waals surface area contributed by atoms with Crippen LogP contribution in [0.3, 0.4) is 0 Å². The molecule has 0 spiro atoms. The standard InChI is InChI=1S/C39H44N4O12/c1-7-20-19(6)36(50)43-27(20)14-25-17(4)22(9-11-30(44)45)28(41-25)15-29-23(18(5)24(40-29)13-26-16(3)21(8-2)37(51)42-26)10-12-31(46)54-39-34(49)32(47)33(48)35(55-39)38(52)53/h7-8,13-14,32-35,39-41,47-49H,1-2,9-12,15H2,3-6H3,(H,42,51)(H,43,50)(H,44,45)(H,52,53)/b26-13-,27-14-/t32-,33-,34+,35-,39+/m0/s1. The Morgan fingerprint density at radius 2 is 1.29 bits per heavy atom. The number of aromatic amines is 2. The lowest BCUT2D eigenvalue weighted by Gasteiger charge is -2.37. The van der Waals surface area contributed by atoms with Gasteiger partial charge < -0.3 is 55.6 Å². The van der Waals surface area contributed by atoms with E-state index < -0.39 is 48.6 Å². The molecule has 1 saturated heterocycles. The molecule has 5 heterocycles. The SMILES string of the molecule is C=CC1=C(C)/C(=C/c2[nH]c(Cc3[nH]c(/C=C4\NC(=O)C(C)=C4C=C)c(C)c3CCC(=O)O)c(CCC(=O)O[C@@H]3O[C@H](C(=O)O)[C@@H](O)[C@H](O)[C@H]3O)c2C)NC1=O. The predicted molar refractivity (Wildman–Crippen MR) is 197 cm³/mol. The second-order valence-electron chi connectivity index (χ2n) is 13.5. The molecule has 2 aromatic heterocycles. The van der Waals surface area contributed by atoms with Crippen molar-refractivity contribution in [3.05, 3.63) is 104 Å². The van der Waals surface area contributed by atoms with Gasteiger partial charge in [0.15, 0.2) is 6.10 Å². The van der Waals surface area contributed by atoms with Crippen molar-refractivity contribution < 1.29 is 59.0 Å². The van der Waals surface area contributed by atoms with E-state index in [4.69, 9.17) is 9.47 Å². The normalized spacial score (nSPS) is 24.1. The summed E-state index contributed by atoms with van der Waals surface area (Å²) in [5, 5.41) is 55.1. The number of carbonyl (C=O) groups is 5. The smallest absolute Gasteiger partial charge is 0.335 e. The molecule has 16 nitrogen and oxygen atoms in total. The van der Waals surface area contributed by atoms with E-state index in [0.29, 0.717) is 67.6 Å². The third-order valence-electron chi connectivity index (χ3n) is 10.2. The molecule has 1 fully saturated rings. The highest BCUT2D eigenvalue weighted by Crippen LogP contribution is 2.32. The number of nitrogens with one attached hydrogen (secondary N) is 4. The van der Waals surface area contributed by atoms with Gasteiger partial charge in [0, 0.05) is 64.5 Å². The first-order valence-corrected chi connectivity index (χ1v) is 17.4. The van der Waals surface area contributed by atoms with Crippen molar-refractivity contribution in [3.63, 3.8) is 0 Å². The molecule has 292 valence electrons. The fraction of sp³-hybridized carbons (Fsp3) is 0.359. The molecule has 9 N–H and O–H groups in total. The van der Waals surface area contributed by atoms with Gasteiger partial charge in [-0.2, -0.15) is 0 Å². The lowest BCUT2D eigenvalue weighted by molar-refractivity contribution is -0.286. The number of carboxylic acid groups (broad SMARTS) is 2. The summed E-state index contributed by atoms with van der Waals surface area (Å²) >= 11 is 0. The quantitative estimate of drug-likeness (QED) is 0.125. The van der Waals surface area contributed by atoms with Crippen LogP contribution < -0.4 is 10.6 Å². The number of allylic oxidation sites excluding steroid dienone is 2. The van der Waals surface area contributed by atoms with Crippen molar-refractivity contribution in [2.75, 3.05) is 0 Å². The van der Waals surface area contributed by atoms with E-state index in [1.165, 1.54) is 6.08 Å². The van der Waals surface area contributed by atoms with Crippen LogP contribution >= 0.6 is 0 Å². The number of aliphatic hydroxyl groups excluding tert-OH is 3. The highest BCUT2D eigenvalue weighted by Gasteiger charge is 2.48. The van der Waals surface area contributed by atoms with E-state index in [1.807, 2.05) is 13.8 Å². The Kier molecular flexibility index (Phi) is 12.0. The number of esters is 1. The number of hydrogen-bond donors (Lipinski definition) is 9. The van der Waals surface area contributed by atoms with Crippen LogP contribution in [0, 0.1) is 13.8 Å². The minimum atomic E-state index is -1.96. The molecule has 0 unspecified atom stereocenters.